The van der Waals surface area contributed by atoms with Crippen LogP contribution in [0.1, 0.15) is 11.1 Å². The summed E-state index contributed by atoms with van der Waals surface area (Å²) in [5.74, 6) is 0.206. The molecule has 84 valence electrons. The number of halogens is 1. The molecule has 0 saturated heterocycles. The fourth-order valence-corrected chi connectivity index (χ4v) is 1.82. The average molecular weight is 239 g/mol. The molecule has 0 aliphatic heterocycles. The van der Waals surface area contributed by atoms with Crippen molar-refractivity contribution in [3.05, 3.63) is 28.3 Å². The SMILES string of the molecule is Cc1cc(C)c(-c2cc(N)on2)c(O)c1Cl. The Morgan fingerprint density at radius 2 is 2.00 bits per heavy atom. The van der Waals surface area contributed by atoms with Gasteiger partial charge in [-0.1, -0.05) is 22.8 Å². The van der Waals surface area contributed by atoms with Gasteiger partial charge in [-0.25, -0.2) is 0 Å². The topological polar surface area (TPSA) is 72.3 Å². The average Bonchev–Trinajstić information content (AvgIpc) is 2.61. The van der Waals surface area contributed by atoms with E-state index in [-0.39, 0.29) is 11.6 Å². The highest BCUT2D eigenvalue weighted by Crippen LogP contribution is 2.39. The highest BCUT2D eigenvalue weighted by atomic mass is 35.5. The molecule has 2 rings (SSSR count). The minimum absolute atomic E-state index is 0.00691. The summed E-state index contributed by atoms with van der Waals surface area (Å²) in [6, 6.07) is 3.43. The number of aromatic nitrogens is 1. The number of hydrogen-bond acceptors (Lipinski definition) is 4. The fraction of sp³-hybridized carbons (Fsp3) is 0.182. The van der Waals surface area contributed by atoms with Gasteiger partial charge in [0, 0.05) is 6.07 Å². The summed E-state index contributed by atoms with van der Waals surface area (Å²) in [6.45, 7) is 3.69. The van der Waals surface area contributed by atoms with Crippen LogP contribution in [0.2, 0.25) is 5.02 Å². The predicted octanol–water partition coefficient (Wildman–Crippen LogP) is 2.90. The van der Waals surface area contributed by atoms with E-state index in [9.17, 15) is 5.11 Å². The number of nitrogen functional groups attached to an aromatic ring is 1. The van der Waals surface area contributed by atoms with Crippen molar-refractivity contribution in [2.45, 2.75) is 13.8 Å². The zero-order valence-electron chi connectivity index (χ0n) is 8.91. The lowest BCUT2D eigenvalue weighted by molar-refractivity contribution is 0.437. The molecule has 0 saturated carbocycles. The minimum Gasteiger partial charge on any atom is -0.506 e. The van der Waals surface area contributed by atoms with Gasteiger partial charge in [-0.3, -0.25) is 0 Å². The maximum atomic E-state index is 9.97. The zero-order valence-corrected chi connectivity index (χ0v) is 9.67. The van der Waals surface area contributed by atoms with Crippen molar-refractivity contribution in [1.82, 2.24) is 5.16 Å². The summed E-state index contributed by atoms with van der Waals surface area (Å²) in [4.78, 5) is 0. The molecule has 16 heavy (non-hydrogen) atoms. The highest BCUT2D eigenvalue weighted by Gasteiger charge is 2.16. The van der Waals surface area contributed by atoms with E-state index >= 15 is 0 Å². The first-order valence-electron chi connectivity index (χ1n) is 4.72. The minimum atomic E-state index is 0.00691. The van der Waals surface area contributed by atoms with Crippen molar-refractivity contribution in [3.63, 3.8) is 0 Å². The standard InChI is InChI=1S/C11H11ClN2O2/c1-5-3-6(2)10(12)11(15)9(5)7-4-8(13)16-14-7/h3-4,15H,13H2,1-2H3. The number of hydrogen-bond donors (Lipinski definition) is 2. The molecule has 2 aromatic rings. The number of phenols is 1. The van der Waals surface area contributed by atoms with Crippen molar-refractivity contribution in [2.75, 3.05) is 5.73 Å². The Balaban J connectivity index is 2.70. The molecule has 0 unspecified atom stereocenters. The van der Waals surface area contributed by atoms with Crippen molar-refractivity contribution in [2.24, 2.45) is 0 Å². The number of aromatic hydroxyl groups is 1. The Morgan fingerprint density at radius 3 is 2.56 bits per heavy atom. The largest absolute Gasteiger partial charge is 0.506 e. The van der Waals surface area contributed by atoms with Crippen molar-refractivity contribution in [3.8, 4) is 17.0 Å². The molecular weight excluding hydrogens is 228 g/mol. The third-order valence-electron chi connectivity index (χ3n) is 2.40. The summed E-state index contributed by atoms with van der Waals surface area (Å²) in [7, 11) is 0. The van der Waals surface area contributed by atoms with Crippen LogP contribution in [0.5, 0.6) is 5.75 Å². The fourth-order valence-electron chi connectivity index (χ4n) is 1.67. The van der Waals surface area contributed by atoms with Gasteiger partial charge < -0.3 is 15.4 Å². The molecule has 0 atom stereocenters. The van der Waals surface area contributed by atoms with Crippen LogP contribution in [0.25, 0.3) is 11.3 Å². The van der Waals surface area contributed by atoms with Gasteiger partial charge in [0.15, 0.2) is 0 Å². The maximum Gasteiger partial charge on any atom is 0.222 e. The Labute approximate surface area is 97.6 Å². The maximum absolute atomic E-state index is 9.97. The van der Waals surface area contributed by atoms with Crippen LogP contribution < -0.4 is 5.73 Å². The zero-order chi connectivity index (χ0) is 11.9. The Hall–Kier alpha value is -1.68. The second-order valence-corrected chi connectivity index (χ2v) is 4.04. The van der Waals surface area contributed by atoms with Gasteiger partial charge in [-0.05, 0) is 25.0 Å². The molecule has 1 aromatic carbocycles. The first kappa shape index (κ1) is 10.8. The number of rotatable bonds is 1. The third-order valence-corrected chi connectivity index (χ3v) is 2.88. The van der Waals surface area contributed by atoms with E-state index in [2.05, 4.69) is 5.16 Å². The van der Waals surface area contributed by atoms with Crippen LogP contribution in [0.4, 0.5) is 5.88 Å². The molecule has 1 heterocycles. The van der Waals surface area contributed by atoms with Crippen LogP contribution in [0.15, 0.2) is 16.7 Å². The molecule has 0 aliphatic carbocycles. The smallest absolute Gasteiger partial charge is 0.222 e. The number of nitrogens with two attached hydrogens (primary N) is 1. The van der Waals surface area contributed by atoms with E-state index in [1.807, 2.05) is 19.9 Å². The number of aryl methyl sites for hydroxylation is 2. The van der Waals surface area contributed by atoms with E-state index in [1.54, 1.807) is 6.07 Å². The van der Waals surface area contributed by atoms with Gasteiger partial charge in [0.25, 0.3) is 0 Å². The molecule has 0 amide bonds. The molecule has 1 aromatic heterocycles. The van der Waals surface area contributed by atoms with Gasteiger partial charge in [0.1, 0.15) is 11.4 Å². The molecule has 0 radical (unpaired) electrons. The highest BCUT2D eigenvalue weighted by molar-refractivity contribution is 6.33. The van der Waals surface area contributed by atoms with Gasteiger partial charge in [0.05, 0.1) is 10.6 Å². The number of nitrogens with zero attached hydrogens (tertiary/aromatic N) is 1. The van der Waals surface area contributed by atoms with Gasteiger partial charge in [-0.15, -0.1) is 0 Å². The Kier molecular flexibility index (Phi) is 2.52. The molecule has 0 aliphatic rings. The first-order chi connectivity index (χ1) is 7.50. The number of benzene rings is 1. The first-order valence-corrected chi connectivity index (χ1v) is 5.09. The molecule has 5 heteroatoms. The summed E-state index contributed by atoms with van der Waals surface area (Å²) in [5.41, 5.74) is 8.16. The quantitative estimate of drug-likeness (QED) is 0.801. The second-order valence-electron chi connectivity index (χ2n) is 3.66. The normalized spacial score (nSPS) is 10.7. The number of anilines is 1. The van der Waals surface area contributed by atoms with Gasteiger partial charge >= 0.3 is 0 Å². The van der Waals surface area contributed by atoms with E-state index in [1.165, 1.54) is 0 Å². The Morgan fingerprint density at radius 1 is 1.31 bits per heavy atom. The van der Waals surface area contributed by atoms with Crippen molar-refractivity contribution >= 4 is 17.5 Å². The molecule has 0 spiro atoms. The van der Waals surface area contributed by atoms with Crippen LogP contribution in [-0.2, 0) is 0 Å². The van der Waals surface area contributed by atoms with Gasteiger partial charge in [0.2, 0.25) is 5.88 Å². The van der Waals surface area contributed by atoms with Crippen LogP contribution in [-0.4, -0.2) is 10.3 Å². The lowest BCUT2D eigenvalue weighted by Crippen LogP contribution is -1.88. The Bertz CT molecular complexity index is 549. The predicted molar refractivity (Wildman–Crippen MR) is 62.5 cm³/mol. The van der Waals surface area contributed by atoms with Crippen molar-refractivity contribution < 1.29 is 9.63 Å². The van der Waals surface area contributed by atoms with Crippen LogP contribution in [0.3, 0.4) is 0 Å². The van der Waals surface area contributed by atoms with E-state index < -0.39 is 0 Å². The van der Waals surface area contributed by atoms with E-state index in [4.69, 9.17) is 21.9 Å². The summed E-state index contributed by atoms with van der Waals surface area (Å²) in [6.07, 6.45) is 0. The summed E-state index contributed by atoms with van der Waals surface area (Å²) >= 11 is 5.97. The molecular formula is C11H11ClN2O2. The summed E-state index contributed by atoms with van der Waals surface area (Å²) < 4.78 is 4.77. The van der Waals surface area contributed by atoms with Gasteiger partial charge in [-0.2, -0.15) is 0 Å². The monoisotopic (exact) mass is 238 g/mol. The van der Waals surface area contributed by atoms with Crippen LogP contribution in [0, 0.1) is 13.8 Å². The molecule has 0 bridgehead atoms. The third kappa shape index (κ3) is 1.61. The van der Waals surface area contributed by atoms with E-state index in [0.717, 1.165) is 11.1 Å². The van der Waals surface area contributed by atoms with E-state index in [0.29, 0.717) is 16.3 Å². The van der Waals surface area contributed by atoms with Crippen LogP contribution >= 0.6 is 11.6 Å². The molecule has 0 fully saturated rings. The number of phenolic OH excluding ortho intramolecular Hbond substituents is 1. The second kappa shape index (κ2) is 3.72. The summed E-state index contributed by atoms with van der Waals surface area (Å²) in [5, 5.41) is 14.0. The molecule has 3 N–H and O–H groups in total. The lowest BCUT2D eigenvalue weighted by Gasteiger charge is -2.09. The molecule has 4 nitrogen and oxygen atoms in total. The lowest BCUT2D eigenvalue weighted by atomic mass is 10.0. The van der Waals surface area contributed by atoms with Crippen molar-refractivity contribution in [1.29, 1.82) is 0 Å².